The van der Waals surface area contributed by atoms with Crippen molar-refractivity contribution >= 4 is 5.95 Å². The van der Waals surface area contributed by atoms with Crippen molar-refractivity contribution in [3.05, 3.63) is 37.0 Å². The molecule has 0 unspecified atom stereocenters. The van der Waals surface area contributed by atoms with Crippen LogP contribution < -0.4 is 5.32 Å². The number of nitrogens with zero attached hydrogens (tertiary/aromatic N) is 5. The van der Waals surface area contributed by atoms with Crippen molar-refractivity contribution in [1.29, 1.82) is 0 Å². The van der Waals surface area contributed by atoms with Gasteiger partial charge in [0.2, 0.25) is 5.95 Å². The van der Waals surface area contributed by atoms with Crippen molar-refractivity contribution < 1.29 is 4.42 Å². The fourth-order valence-electron chi connectivity index (χ4n) is 2.45. The first-order valence-corrected chi connectivity index (χ1v) is 7.92. The van der Waals surface area contributed by atoms with Crippen molar-refractivity contribution in [2.24, 2.45) is 7.05 Å². The highest BCUT2D eigenvalue weighted by atomic mass is 16.3. The summed E-state index contributed by atoms with van der Waals surface area (Å²) in [5.41, 5.74) is 1.58. The molecule has 1 N–H and O–H groups in total. The van der Waals surface area contributed by atoms with E-state index in [4.69, 9.17) is 4.42 Å². The minimum absolute atomic E-state index is 0.595. The van der Waals surface area contributed by atoms with Crippen molar-refractivity contribution in [2.45, 2.75) is 6.42 Å². The van der Waals surface area contributed by atoms with E-state index in [1.54, 1.807) is 18.7 Å². The molecule has 126 valence electrons. The second-order valence-corrected chi connectivity index (χ2v) is 5.88. The normalized spacial score (nSPS) is 11.2. The summed E-state index contributed by atoms with van der Waals surface area (Å²) in [6.45, 7) is 1.83. The summed E-state index contributed by atoms with van der Waals surface area (Å²) in [6, 6.07) is 3.74. The van der Waals surface area contributed by atoms with Crippen molar-refractivity contribution in [2.75, 3.05) is 32.5 Å². The van der Waals surface area contributed by atoms with E-state index >= 15 is 0 Å². The second kappa shape index (κ2) is 7.27. The summed E-state index contributed by atoms with van der Waals surface area (Å²) >= 11 is 0. The number of hydrogen-bond donors (Lipinski definition) is 1. The predicted molar refractivity (Wildman–Crippen MR) is 93.6 cm³/mol. The zero-order valence-electron chi connectivity index (χ0n) is 14.2. The SMILES string of the molecule is CN(C)CCCNc1ncc(-c2nccn2C)c(-c2ccco2)n1. The zero-order valence-corrected chi connectivity index (χ0v) is 14.2. The monoisotopic (exact) mass is 326 g/mol. The molecule has 0 radical (unpaired) electrons. The number of nitrogens with one attached hydrogen (secondary N) is 1. The van der Waals surface area contributed by atoms with Crippen LogP contribution in [0.3, 0.4) is 0 Å². The molecule has 0 amide bonds. The molecule has 0 bridgehead atoms. The maximum absolute atomic E-state index is 5.55. The van der Waals surface area contributed by atoms with Gasteiger partial charge in [0, 0.05) is 32.2 Å². The van der Waals surface area contributed by atoms with Gasteiger partial charge in [-0.25, -0.2) is 15.0 Å². The lowest BCUT2D eigenvalue weighted by molar-refractivity contribution is 0.405. The number of aryl methyl sites for hydroxylation is 1. The summed E-state index contributed by atoms with van der Waals surface area (Å²) in [5.74, 6) is 2.10. The standard InChI is InChI=1S/C17H22N6O/c1-22(2)9-5-7-19-17-20-12-13(16-18-8-10-23(16)3)15(21-17)14-6-4-11-24-14/h4,6,8,10-12H,5,7,9H2,1-3H3,(H,19,20,21). The van der Waals surface area contributed by atoms with Gasteiger partial charge in [0.15, 0.2) is 5.76 Å². The van der Waals surface area contributed by atoms with Crippen molar-refractivity contribution in [1.82, 2.24) is 24.4 Å². The Labute approximate surface area is 141 Å². The maximum atomic E-state index is 5.55. The predicted octanol–water partition coefficient (Wildman–Crippen LogP) is 2.50. The molecule has 0 aliphatic carbocycles. The van der Waals surface area contributed by atoms with Crippen molar-refractivity contribution in [3.8, 4) is 22.8 Å². The molecule has 0 atom stereocenters. The smallest absolute Gasteiger partial charge is 0.223 e. The first kappa shape index (κ1) is 16.2. The van der Waals surface area contributed by atoms with Crippen LogP contribution in [0.2, 0.25) is 0 Å². The topological polar surface area (TPSA) is 72.0 Å². The van der Waals surface area contributed by atoms with Gasteiger partial charge >= 0.3 is 0 Å². The Bertz CT molecular complexity index is 778. The number of hydrogen-bond acceptors (Lipinski definition) is 6. The molecule has 0 aliphatic rings. The Morgan fingerprint density at radius 3 is 2.83 bits per heavy atom. The fraction of sp³-hybridized carbons (Fsp3) is 0.353. The van der Waals surface area contributed by atoms with Crippen LogP contribution in [0.4, 0.5) is 5.95 Å². The average Bonchev–Trinajstić information content (AvgIpc) is 3.23. The largest absolute Gasteiger partial charge is 0.463 e. The quantitative estimate of drug-likeness (QED) is 0.673. The fourth-order valence-corrected chi connectivity index (χ4v) is 2.45. The Balaban J connectivity index is 1.87. The lowest BCUT2D eigenvalue weighted by Gasteiger charge is -2.11. The van der Waals surface area contributed by atoms with E-state index in [1.165, 1.54) is 0 Å². The summed E-state index contributed by atoms with van der Waals surface area (Å²) in [5, 5.41) is 3.27. The van der Waals surface area contributed by atoms with Gasteiger partial charge in [-0.3, -0.25) is 0 Å². The lowest BCUT2D eigenvalue weighted by Crippen LogP contribution is -2.17. The number of anilines is 1. The highest BCUT2D eigenvalue weighted by Gasteiger charge is 2.16. The second-order valence-electron chi connectivity index (χ2n) is 5.88. The van der Waals surface area contributed by atoms with Gasteiger partial charge in [0.1, 0.15) is 11.5 Å². The molecule has 0 aromatic carbocycles. The van der Waals surface area contributed by atoms with Gasteiger partial charge in [0.25, 0.3) is 0 Å². The van der Waals surface area contributed by atoms with Gasteiger partial charge in [-0.15, -0.1) is 0 Å². The average molecular weight is 326 g/mol. The minimum atomic E-state index is 0.595. The highest BCUT2D eigenvalue weighted by molar-refractivity contribution is 5.75. The van der Waals surface area contributed by atoms with Crippen LogP contribution in [-0.4, -0.2) is 51.6 Å². The maximum Gasteiger partial charge on any atom is 0.223 e. The van der Waals surface area contributed by atoms with E-state index in [0.717, 1.165) is 36.6 Å². The molecule has 3 aromatic rings. The summed E-state index contributed by atoms with van der Waals surface area (Å²) in [7, 11) is 6.07. The van der Waals surface area contributed by atoms with E-state index in [-0.39, 0.29) is 0 Å². The molecule has 0 spiro atoms. The Morgan fingerprint density at radius 1 is 1.29 bits per heavy atom. The third kappa shape index (κ3) is 3.62. The Kier molecular flexibility index (Phi) is 4.90. The Hall–Kier alpha value is -2.67. The summed E-state index contributed by atoms with van der Waals surface area (Å²) < 4.78 is 7.49. The third-order valence-corrected chi connectivity index (χ3v) is 3.67. The van der Waals surface area contributed by atoms with Gasteiger partial charge in [0.05, 0.1) is 11.8 Å². The number of imidazole rings is 1. The van der Waals surface area contributed by atoms with Crippen LogP contribution in [0.5, 0.6) is 0 Å². The molecule has 7 heteroatoms. The van der Waals surface area contributed by atoms with Crippen LogP contribution in [0.1, 0.15) is 6.42 Å². The Morgan fingerprint density at radius 2 is 2.17 bits per heavy atom. The van der Waals surface area contributed by atoms with E-state index < -0.39 is 0 Å². The van der Waals surface area contributed by atoms with Gasteiger partial charge in [-0.05, 0) is 39.2 Å². The molecule has 0 saturated heterocycles. The van der Waals surface area contributed by atoms with E-state index in [2.05, 4.69) is 39.3 Å². The number of aromatic nitrogens is 4. The molecular weight excluding hydrogens is 304 g/mol. The third-order valence-electron chi connectivity index (χ3n) is 3.67. The van der Waals surface area contributed by atoms with Gasteiger partial charge in [-0.2, -0.15) is 0 Å². The van der Waals surface area contributed by atoms with Gasteiger partial charge in [-0.1, -0.05) is 0 Å². The first-order chi connectivity index (χ1) is 11.6. The summed E-state index contributed by atoms with van der Waals surface area (Å²) in [6.07, 6.45) is 8.11. The van der Waals surface area contributed by atoms with E-state index in [1.807, 2.05) is 29.9 Å². The van der Waals surface area contributed by atoms with Gasteiger partial charge < -0.3 is 19.2 Å². The van der Waals surface area contributed by atoms with Crippen molar-refractivity contribution in [3.63, 3.8) is 0 Å². The molecule has 7 nitrogen and oxygen atoms in total. The molecule has 3 rings (SSSR count). The lowest BCUT2D eigenvalue weighted by atomic mass is 10.2. The van der Waals surface area contributed by atoms with Crippen LogP contribution in [0.15, 0.2) is 41.4 Å². The molecule has 24 heavy (non-hydrogen) atoms. The molecule has 3 heterocycles. The van der Waals surface area contributed by atoms with E-state index in [0.29, 0.717) is 11.7 Å². The van der Waals surface area contributed by atoms with Crippen LogP contribution in [0.25, 0.3) is 22.8 Å². The molecule has 0 aliphatic heterocycles. The summed E-state index contributed by atoms with van der Waals surface area (Å²) in [4.78, 5) is 15.6. The molecular formula is C17H22N6O. The minimum Gasteiger partial charge on any atom is -0.463 e. The number of furan rings is 1. The zero-order chi connectivity index (χ0) is 16.9. The highest BCUT2D eigenvalue weighted by Crippen LogP contribution is 2.29. The van der Waals surface area contributed by atoms with E-state index in [9.17, 15) is 0 Å². The van der Waals surface area contributed by atoms with Crippen LogP contribution >= 0.6 is 0 Å². The molecule has 3 aromatic heterocycles. The number of rotatable bonds is 7. The molecule has 0 saturated carbocycles. The van der Waals surface area contributed by atoms with Crippen LogP contribution in [0, 0.1) is 0 Å². The molecule has 0 fully saturated rings. The van der Waals surface area contributed by atoms with Crippen LogP contribution in [-0.2, 0) is 7.05 Å². The first-order valence-electron chi connectivity index (χ1n) is 7.92.